The molecule has 0 atom stereocenters. The summed E-state index contributed by atoms with van der Waals surface area (Å²) in [5.41, 5.74) is 0.826. The highest BCUT2D eigenvalue weighted by Crippen LogP contribution is 2.24. The second-order valence-corrected chi connectivity index (χ2v) is 5.33. The number of aromatic hydroxyl groups is 1. The van der Waals surface area contributed by atoms with E-state index in [0.717, 1.165) is 16.3 Å². The lowest BCUT2D eigenvalue weighted by molar-refractivity contribution is 0.456. The number of nitrogens with one attached hydrogen (secondary N) is 1. The number of H-pyrrole nitrogens is 1. The van der Waals surface area contributed by atoms with Crippen molar-refractivity contribution in [3.05, 3.63) is 49.4 Å². The molecule has 3 rings (SSSR count). The predicted molar refractivity (Wildman–Crippen MR) is 70.8 cm³/mol. The molecule has 2 aromatic rings. The predicted octanol–water partition coefficient (Wildman–Crippen LogP) is 1.97. The normalized spacial score (nSPS) is 15.4. The molecule has 0 saturated carbocycles. The van der Waals surface area contributed by atoms with Crippen LogP contribution in [0.4, 0.5) is 0 Å². The quantitative estimate of drug-likeness (QED) is 0.770. The first-order chi connectivity index (χ1) is 8.22. The van der Waals surface area contributed by atoms with E-state index in [9.17, 15) is 5.11 Å². The van der Waals surface area contributed by atoms with Crippen LogP contribution >= 0.6 is 23.6 Å². The maximum absolute atomic E-state index is 9.60. The Balaban J connectivity index is 2.12. The van der Waals surface area contributed by atoms with Crippen LogP contribution in [0.2, 0.25) is 0 Å². The lowest BCUT2D eigenvalue weighted by Crippen LogP contribution is -2.19. The van der Waals surface area contributed by atoms with Crippen LogP contribution in [-0.4, -0.2) is 10.1 Å². The zero-order chi connectivity index (χ0) is 11.8. The first kappa shape index (κ1) is 10.4. The Morgan fingerprint density at radius 1 is 1.35 bits per heavy atom. The number of benzene rings is 1. The molecular weight excluding hydrogens is 252 g/mol. The largest absolute Gasteiger partial charge is 0.494 e. The number of rotatable bonds is 1. The Bertz CT molecular complexity index is 746. The van der Waals surface area contributed by atoms with Crippen LogP contribution in [0.1, 0.15) is 4.88 Å². The lowest BCUT2D eigenvalue weighted by atomic mass is 10.3. The van der Waals surface area contributed by atoms with Crippen molar-refractivity contribution in [2.45, 2.75) is 0 Å². The summed E-state index contributed by atoms with van der Waals surface area (Å²) in [6.07, 6.45) is 3.81. The van der Waals surface area contributed by atoms with Gasteiger partial charge in [0.25, 0.3) is 0 Å². The summed E-state index contributed by atoms with van der Waals surface area (Å²) in [6, 6.07) is 7.91. The molecule has 5 heteroatoms. The zero-order valence-corrected chi connectivity index (χ0v) is 10.3. The van der Waals surface area contributed by atoms with E-state index in [2.05, 4.69) is 9.98 Å². The van der Waals surface area contributed by atoms with Gasteiger partial charge < -0.3 is 10.1 Å². The second-order valence-electron chi connectivity index (χ2n) is 3.61. The molecule has 1 aliphatic heterocycles. The van der Waals surface area contributed by atoms with Crippen molar-refractivity contribution in [1.29, 1.82) is 0 Å². The van der Waals surface area contributed by atoms with Crippen molar-refractivity contribution in [2.75, 3.05) is 0 Å². The Morgan fingerprint density at radius 2 is 2.18 bits per heavy atom. The number of thiazole rings is 1. The Morgan fingerprint density at radius 3 is 2.88 bits per heavy atom. The SMILES string of the molecule is Oc1[nH]c(=S)sc1C=C1C=c2ccccc2=N1. The number of hydrogen-bond donors (Lipinski definition) is 2. The monoisotopic (exact) mass is 260 g/mol. The number of fused-ring (bicyclic) bond motifs is 1. The number of nitrogens with zero attached hydrogens (tertiary/aromatic N) is 1. The van der Waals surface area contributed by atoms with E-state index < -0.39 is 0 Å². The van der Waals surface area contributed by atoms with E-state index in [0.29, 0.717) is 8.83 Å². The van der Waals surface area contributed by atoms with E-state index in [1.54, 1.807) is 0 Å². The van der Waals surface area contributed by atoms with E-state index in [1.165, 1.54) is 11.3 Å². The molecule has 1 aromatic heterocycles. The van der Waals surface area contributed by atoms with Gasteiger partial charge in [-0.25, -0.2) is 4.99 Å². The highest BCUT2D eigenvalue weighted by Gasteiger charge is 2.05. The van der Waals surface area contributed by atoms with Crippen LogP contribution in [-0.2, 0) is 0 Å². The smallest absolute Gasteiger partial charge is 0.207 e. The Labute approximate surface area is 106 Å². The topological polar surface area (TPSA) is 48.4 Å². The standard InChI is InChI=1S/C12H8N2OS2/c15-11-10(17-12(16)14-11)6-8-5-7-3-1-2-4-9(7)13-8/h1-6,15H,(H,14,16). The van der Waals surface area contributed by atoms with Gasteiger partial charge in [-0.15, -0.1) is 11.3 Å². The van der Waals surface area contributed by atoms with Gasteiger partial charge in [-0.2, -0.15) is 0 Å². The van der Waals surface area contributed by atoms with Gasteiger partial charge in [0.05, 0.1) is 15.9 Å². The minimum atomic E-state index is 0.104. The third-order valence-electron chi connectivity index (χ3n) is 2.43. The van der Waals surface area contributed by atoms with Crippen LogP contribution in [0.25, 0.3) is 12.2 Å². The minimum Gasteiger partial charge on any atom is -0.494 e. The average molecular weight is 260 g/mol. The van der Waals surface area contributed by atoms with Crippen LogP contribution in [0.3, 0.4) is 0 Å². The molecule has 3 nitrogen and oxygen atoms in total. The Hall–Kier alpha value is -1.72. The third kappa shape index (κ3) is 1.94. The molecule has 0 bridgehead atoms. The van der Waals surface area contributed by atoms with Crippen molar-refractivity contribution >= 4 is 35.7 Å². The van der Waals surface area contributed by atoms with E-state index in [4.69, 9.17) is 12.2 Å². The van der Waals surface area contributed by atoms with Gasteiger partial charge >= 0.3 is 0 Å². The van der Waals surface area contributed by atoms with Crippen LogP contribution in [0, 0.1) is 3.95 Å². The molecule has 2 N–H and O–H groups in total. The van der Waals surface area contributed by atoms with E-state index >= 15 is 0 Å². The van der Waals surface area contributed by atoms with Gasteiger partial charge in [-0.05, 0) is 30.4 Å². The second kappa shape index (κ2) is 3.94. The summed E-state index contributed by atoms with van der Waals surface area (Å²) in [7, 11) is 0. The van der Waals surface area contributed by atoms with Crippen molar-refractivity contribution in [1.82, 2.24) is 4.98 Å². The summed E-state index contributed by atoms with van der Waals surface area (Å²) in [5, 5.41) is 11.6. The van der Waals surface area contributed by atoms with E-state index in [-0.39, 0.29) is 5.88 Å². The molecular formula is C12H8N2OS2. The van der Waals surface area contributed by atoms with Crippen LogP contribution < -0.4 is 10.6 Å². The summed E-state index contributed by atoms with van der Waals surface area (Å²) in [6.45, 7) is 0. The van der Waals surface area contributed by atoms with Crippen molar-refractivity contribution < 1.29 is 5.11 Å². The van der Waals surface area contributed by atoms with Crippen molar-refractivity contribution in [3.63, 3.8) is 0 Å². The molecule has 17 heavy (non-hydrogen) atoms. The Kier molecular flexibility index (Phi) is 2.42. The zero-order valence-electron chi connectivity index (χ0n) is 8.68. The van der Waals surface area contributed by atoms with Gasteiger partial charge in [0.15, 0.2) is 3.95 Å². The maximum Gasteiger partial charge on any atom is 0.207 e. The first-order valence-corrected chi connectivity index (χ1v) is 6.24. The molecule has 0 amide bonds. The molecule has 0 fully saturated rings. The molecule has 0 spiro atoms. The maximum atomic E-state index is 9.60. The fourth-order valence-corrected chi connectivity index (χ4v) is 2.72. The molecule has 0 aliphatic carbocycles. The minimum absolute atomic E-state index is 0.104. The van der Waals surface area contributed by atoms with Crippen molar-refractivity contribution in [2.24, 2.45) is 4.99 Å². The summed E-state index contributed by atoms with van der Waals surface area (Å²) in [5.74, 6) is 0.104. The highest BCUT2D eigenvalue weighted by molar-refractivity contribution is 7.73. The molecule has 1 aliphatic rings. The van der Waals surface area contributed by atoms with Crippen LogP contribution in [0.5, 0.6) is 5.88 Å². The molecule has 0 unspecified atom stereocenters. The average Bonchev–Trinajstić information content (AvgIpc) is 2.82. The summed E-state index contributed by atoms with van der Waals surface area (Å²) < 4.78 is 0.560. The van der Waals surface area contributed by atoms with Gasteiger partial charge in [0.2, 0.25) is 5.88 Å². The van der Waals surface area contributed by atoms with E-state index in [1.807, 2.05) is 36.4 Å². The van der Waals surface area contributed by atoms with Crippen molar-refractivity contribution in [3.8, 4) is 5.88 Å². The lowest BCUT2D eigenvalue weighted by Gasteiger charge is -1.89. The van der Waals surface area contributed by atoms with Gasteiger partial charge in [0, 0.05) is 5.22 Å². The third-order valence-corrected chi connectivity index (χ3v) is 3.60. The molecule has 2 heterocycles. The fourth-order valence-electron chi connectivity index (χ4n) is 1.68. The summed E-state index contributed by atoms with van der Waals surface area (Å²) in [4.78, 5) is 7.85. The highest BCUT2D eigenvalue weighted by atomic mass is 32.1. The molecule has 84 valence electrons. The molecule has 1 aromatic carbocycles. The summed E-state index contributed by atoms with van der Waals surface area (Å²) >= 11 is 6.30. The number of allylic oxidation sites excluding steroid dienone is 1. The first-order valence-electron chi connectivity index (χ1n) is 5.02. The fraction of sp³-hybridized carbons (Fsp3) is 0. The molecule has 0 radical (unpaired) electrons. The number of hydrogen-bond acceptors (Lipinski definition) is 4. The van der Waals surface area contributed by atoms with Gasteiger partial charge in [-0.3, -0.25) is 0 Å². The number of aromatic amines is 1. The molecule has 0 saturated heterocycles. The van der Waals surface area contributed by atoms with Gasteiger partial charge in [-0.1, -0.05) is 18.2 Å². The van der Waals surface area contributed by atoms with Gasteiger partial charge in [0.1, 0.15) is 0 Å². The van der Waals surface area contributed by atoms with Crippen LogP contribution in [0.15, 0.2) is 35.0 Å². The number of para-hydroxylation sites is 1. The number of aromatic nitrogens is 1.